The van der Waals surface area contributed by atoms with Gasteiger partial charge in [0.25, 0.3) is 0 Å². The Morgan fingerprint density at radius 1 is 1.53 bits per heavy atom. The Morgan fingerprint density at radius 3 is 2.74 bits per heavy atom. The molecule has 0 unspecified atom stereocenters. The van der Waals surface area contributed by atoms with Crippen LogP contribution < -0.4 is 9.64 Å². The molecule has 2 rings (SSSR count). The van der Waals surface area contributed by atoms with E-state index in [0.717, 1.165) is 5.69 Å². The van der Waals surface area contributed by atoms with Gasteiger partial charge in [-0.15, -0.1) is 0 Å². The summed E-state index contributed by atoms with van der Waals surface area (Å²) in [6.07, 6.45) is 1.22. The van der Waals surface area contributed by atoms with Crippen LogP contribution in [0.5, 0.6) is 5.75 Å². The fourth-order valence-electron chi connectivity index (χ4n) is 2.30. The zero-order chi connectivity index (χ0) is 14.0. The van der Waals surface area contributed by atoms with E-state index < -0.39 is 5.97 Å². The summed E-state index contributed by atoms with van der Waals surface area (Å²) in [5, 5.41) is 8.85. The number of carboxylic acid groups (broad SMARTS) is 1. The first-order chi connectivity index (χ1) is 9.02. The maximum Gasteiger partial charge on any atom is 0.306 e. The quantitative estimate of drug-likeness (QED) is 0.890. The van der Waals surface area contributed by atoms with Crippen LogP contribution in [0.1, 0.15) is 19.8 Å². The molecule has 104 valence electrons. The highest BCUT2D eigenvalue weighted by Gasteiger charge is 2.36. The van der Waals surface area contributed by atoms with E-state index in [2.05, 4.69) is 0 Å². The molecular formula is C14H18FNO3. The number of ether oxygens (including phenoxy) is 1. The number of carbonyl (C=O) groups is 1. The van der Waals surface area contributed by atoms with Crippen molar-refractivity contribution in [1.82, 2.24) is 0 Å². The first-order valence-electron chi connectivity index (χ1n) is 6.41. The van der Waals surface area contributed by atoms with Crippen molar-refractivity contribution in [2.75, 3.05) is 18.6 Å². The maximum absolute atomic E-state index is 13.7. The van der Waals surface area contributed by atoms with Crippen molar-refractivity contribution in [2.24, 2.45) is 5.92 Å². The maximum atomic E-state index is 13.7. The van der Waals surface area contributed by atoms with E-state index in [1.807, 2.05) is 11.9 Å². The SMILES string of the molecule is CCOc1ccc(N(C)C2CC(C(=O)O)C2)cc1F. The van der Waals surface area contributed by atoms with Gasteiger partial charge in [0.15, 0.2) is 11.6 Å². The van der Waals surface area contributed by atoms with Gasteiger partial charge < -0.3 is 14.7 Å². The topological polar surface area (TPSA) is 49.8 Å². The van der Waals surface area contributed by atoms with E-state index in [1.165, 1.54) is 6.07 Å². The van der Waals surface area contributed by atoms with E-state index in [0.29, 0.717) is 19.4 Å². The molecule has 5 heteroatoms. The molecule has 4 nitrogen and oxygen atoms in total. The molecule has 0 saturated heterocycles. The van der Waals surface area contributed by atoms with Gasteiger partial charge in [-0.3, -0.25) is 4.79 Å². The summed E-state index contributed by atoms with van der Waals surface area (Å²) >= 11 is 0. The lowest BCUT2D eigenvalue weighted by Crippen LogP contribution is -2.45. The Hall–Kier alpha value is -1.78. The predicted molar refractivity (Wildman–Crippen MR) is 70.1 cm³/mol. The summed E-state index contributed by atoms with van der Waals surface area (Å²) in [7, 11) is 1.86. The molecule has 1 aliphatic rings. The van der Waals surface area contributed by atoms with Gasteiger partial charge in [-0.25, -0.2) is 4.39 Å². The average molecular weight is 267 g/mol. The molecule has 0 aromatic heterocycles. The first kappa shape index (κ1) is 13.6. The highest BCUT2D eigenvalue weighted by molar-refractivity contribution is 5.71. The van der Waals surface area contributed by atoms with Crippen LogP contribution in [0.2, 0.25) is 0 Å². The highest BCUT2D eigenvalue weighted by Crippen LogP contribution is 2.34. The number of halogens is 1. The van der Waals surface area contributed by atoms with Gasteiger partial charge in [-0.05, 0) is 31.9 Å². The summed E-state index contributed by atoms with van der Waals surface area (Å²) in [5.74, 6) is -1.15. The lowest BCUT2D eigenvalue weighted by atomic mass is 9.79. The average Bonchev–Trinajstić information content (AvgIpc) is 2.29. The van der Waals surface area contributed by atoms with Crippen molar-refractivity contribution in [2.45, 2.75) is 25.8 Å². The summed E-state index contributed by atoms with van der Waals surface area (Å²) in [6, 6.07) is 5.00. The van der Waals surface area contributed by atoms with E-state index in [1.54, 1.807) is 19.1 Å². The molecule has 1 aliphatic carbocycles. The zero-order valence-electron chi connectivity index (χ0n) is 11.1. The summed E-state index contributed by atoms with van der Waals surface area (Å²) in [5.41, 5.74) is 0.745. The monoisotopic (exact) mass is 267 g/mol. The van der Waals surface area contributed by atoms with Crippen LogP contribution >= 0.6 is 0 Å². The van der Waals surface area contributed by atoms with Crippen LogP contribution in [-0.2, 0) is 4.79 Å². The van der Waals surface area contributed by atoms with E-state index in [4.69, 9.17) is 9.84 Å². The summed E-state index contributed by atoms with van der Waals surface area (Å²) in [4.78, 5) is 12.7. The third kappa shape index (κ3) is 2.80. The smallest absolute Gasteiger partial charge is 0.306 e. The van der Waals surface area contributed by atoms with Crippen LogP contribution in [-0.4, -0.2) is 30.8 Å². The molecule has 1 saturated carbocycles. The van der Waals surface area contributed by atoms with Crippen LogP contribution in [0.15, 0.2) is 18.2 Å². The Balaban J connectivity index is 2.02. The molecule has 0 radical (unpaired) electrons. The minimum Gasteiger partial charge on any atom is -0.491 e. The second-order valence-electron chi connectivity index (χ2n) is 4.82. The molecule has 1 fully saturated rings. The van der Waals surface area contributed by atoms with Gasteiger partial charge >= 0.3 is 5.97 Å². The molecule has 19 heavy (non-hydrogen) atoms. The van der Waals surface area contributed by atoms with Crippen molar-refractivity contribution in [3.8, 4) is 5.75 Å². The van der Waals surface area contributed by atoms with Crippen molar-refractivity contribution in [3.05, 3.63) is 24.0 Å². The Morgan fingerprint density at radius 2 is 2.21 bits per heavy atom. The number of anilines is 1. The zero-order valence-corrected chi connectivity index (χ0v) is 11.1. The Bertz CT molecular complexity index is 472. The molecular weight excluding hydrogens is 249 g/mol. The van der Waals surface area contributed by atoms with Gasteiger partial charge in [0.1, 0.15) is 0 Å². The fraction of sp³-hybridized carbons (Fsp3) is 0.500. The lowest BCUT2D eigenvalue weighted by molar-refractivity contribution is -0.145. The molecule has 1 aromatic rings. The second kappa shape index (κ2) is 5.47. The molecule has 1 N–H and O–H groups in total. The number of nitrogens with zero attached hydrogens (tertiary/aromatic N) is 1. The van der Waals surface area contributed by atoms with E-state index in [-0.39, 0.29) is 23.5 Å². The van der Waals surface area contributed by atoms with Crippen molar-refractivity contribution in [1.29, 1.82) is 0 Å². The predicted octanol–water partition coefficient (Wildman–Crippen LogP) is 2.52. The molecule has 0 atom stereocenters. The normalized spacial score (nSPS) is 21.6. The highest BCUT2D eigenvalue weighted by atomic mass is 19.1. The molecule has 0 amide bonds. The van der Waals surface area contributed by atoms with Gasteiger partial charge in [0, 0.05) is 24.8 Å². The number of hydrogen-bond acceptors (Lipinski definition) is 3. The van der Waals surface area contributed by atoms with Crippen LogP contribution in [0.25, 0.3) is 0 Å². The van der Waals surface area contributed by atoms with Crippen molar-refractivity contribution in [3.63, 3.8) is 0 Å². The standard InChI is InChI=1S/C14H18FNO3/c1-3-19-13-5-4-10(8-12(13)15)16(2)11-6-9(7-11)14(17)18/h4-5,8-9,11H,3,6-7H2,1-2H3,(H,17,18). The number of carboxylic acids is 1. The number of rotatable bonds is 5. The third-order valence-electron chi connectivity index (χ3n) is 3.63. The summed E-state index contributed by atoms with van der Waals surface area (Å²) < 4.78 is 18.9. The molecule has 1 aromatic carbocycles. The molecule has 0 spiro atoms. The minimum absolute atomic E-state index is 0.165. The van der Waals surface area contributed by atoms with Gasteiger partial charge in [-0.2, -0.15) is 0 Å². The number of hydrogen-bond donors (Lipinski definition) is 1. The van der Waals surface area contributed by atoms with Crippen LogP contribution in [0, 0.1) is 11.7 Å². The van der Waals surface area contributed by atoms with E-state index in [9.17, 15) is 9.18 Å². The van der Waals surface area contributed by atoms with Gasteiger partial charge in [-0.1, -0.05) is 0 Å². The van der Waals surface area contributed by atoms with Gasteiger partial charge in [0.05, 0.1) is 12.5 Å². The minimum atomic E-state index is -0.748. The fourth-order valence-corrected chi connectivity index (χ4v) is 2.30. The van der Waals surface area contributed by atoms with Crippen LogP contribution in [0.4, 0.5) is 10.1 Å². The van der Waals surface area contributed by atoms with Gasteiger partial charge in [0.2, 0.25) is 0 Å². The number of benzene rings is 1. The Kier molecular flexibility index (Phi) is 3.93. The first-order valence-corrected chi connectivity index (χ1v) is 6.41. The largest absolute Gasteiger partial charge is 0.491 e. The third-order valence-corrected chi connectivity index (χ3v) is 3.63. The van der Waals surface area contributed by atoms with Crippen molar-refractivity contribution < 1.29 is 19.0 Å². The van der Waals surface area contributed by atoms with E-state index >= 15 is 0 Å². The number of aliphatic carboxylic acids is 1. The molecule has 0 aliphatic heterocycles. The molecule has 0 heterocycles. The summed E-state index contributed by atoms with van der Waals surface area (Å²) in [6.45, 7) is 2.23. The van der Waals surface area contributed by atoms with Crippen LogP contribution in [0.3, 0.4) is 0 Å². The Labute approximate surface area is 111 Å². The second-order valence-corrected chi connectivity index (χ2v) is 4.82. The molecule has 0 bridgehead atoms. The lowest BCUT2D eigenvalue weighted by Gasteiger charge is -2.40. The van der Waals surface area contributed by atoms with Crippen molar-refractivity contribution >= 4 is 11.7 Å².